The Morgan fingerprint density at radius 1 is 1.28 bits per heavy atom. The zero-order valence-corrected chi connectivity index (χ0v) is 10.9. The molecule has 0 bridgehead atoms. The fraction of sp³-hybridized carbons (Fsp3) is 0.615. The van der Waals surface area contributed by atoms with Gasteiger partial charge in [-0.2, -0.15) is 5.26 Å². The van der Waals surface area contributed by atoms with E-state index in [1.807, 2.05) is 6.07 Å². The fourth-order valence-electron chi connectivity index (χ4n) is 2.02. The van der Waals surface area contributed by atoms with Crippen molar-refractivity contribution < 1.29 is 9.59 Å². The predicted octanol–water partition coefficient (Wildman–Crippen LogP) is 0.973. The van der Waals surface area contributed by atoms with Crippen molar-refractivity contribution in [3.63, 3.8) is 0 Å². The molecule has 1 saturated heterocycles. The van der Waals surface area contributed by atoms with Crippen LogP contribution in [0.2, 0.25) is 0 Å². The maximum absolute atomic E-state index is 12.1. The first-order valence-electron chi connectivity index (χ1n) is 6.18. The molecule has 1 heterocycles. The summed E-state index contributed by atoms with van der Waals surface area (Å²) >= 11 is 0. The molecule has 18 heavy (non-hydrogen) atoms. The molecule has 0 spiro atoms. The molecular weight excluding hydrogens is 230 g/mol. The number of allylic oxidation sites excluding steroid dienone is 2. The lowest BCUT2D eigenvalue weighted by atomic mass is 10.1. The molecular formula is C13H19N3O2. The van der Waals surface area contributed by atoms with Crippen LogP contribution in [0, 0.1) is 11.3 Å². The highest BCUT2D eigenvalue weighted by Crippen LogP contribution is 2.10. The third-order valence-electron chi connectivity index (χ3n) is 2.84. The molecule has 1 amide bonds. The van der Waals surface area contributed by atoms with Crippen LogP contribution in [0.3, 0.4) is 0 Å². The van der Waals surface area contributed by atoms with Crippen molar-refractivity contribution in [1.82, 2.24) is 10.2 Å². The minimum absolute atomic E-state index is 0.109. The summed E-state index contributed by atoms with van der Waals surface area (Å²) < 4.78 is 0. The second kappa shape index (κ2) is 6.80. The van der Waals surface area contributed by atoms with E-state index in [1.165, 1.54) is 13.0 Å². The van der Waals surface area contributed by atoms with Gasteiger partial charge in [-0.25, -0.2) is 0 Å². The average Bonchev–Trinajstić information content (AvgIpc) is 2.35. The summed E-state index contributed by atoms with van der Waals surface area (Å²) in [6.45, 7) is 4.54. The maximum Gasteiger partial charge on any atom is 0.259 e. The van der Waals surface area contributed by atoms with E-state index in [0.717, 1.165) is 19.3 Å². The highest BCUT2D eigenvalue weighted by Gasteiger charge is 2.25. The monoisotopic (exact) mass is 249 g/mol. The van der Waals surface area contributed by atoms with Crippen molar-refractivity contribution in [2.24, 2.45) is 0 Å². The third kappa shape index (κ3) is 4.21. The second-order valence-electron chi connectivity index (χ2n) is 4.53. The van der Waals surface area contributed by atoms with Crippen molar-refractivity contribution in [2.45, 2.75) is 39.2 Å². The number of nitrogens with zero attached hydrogens (tertiary/aromatic N) is 2. The standard InChI is InChI=1S/C13H19N3O2/c1-10(8-11(2)17)15-12(9-14)13(18)16-6-4-3-5-7-16/h8,12,15H,3-7H2,1-2H3. The number of hydrogen-bond acceptors (Lipinski definition) is 4. The predicted molar refractivity (Wildman–Crippen MR) is 67.4 cm³/mol. The molecule has 0 radical (unpaired) electrons. The van der Waals surface area contributed by atoms with Crippen molar-refractivity contribution in [2.75, 3.05) is 13.1 Å². The molecule has 0 aliphatic carbocycles. The Morgan fingerprint density at radius 3 is 2.39 bits per heavy atom. The quantitative estimate of drug-likeness (QED) is 0.754. The Hall–Kier alpha value is -1.83. The van der Waals surface area contributed by atoms with E-state index in [0.29, 0.717) is 18.8 Å². The van der Waals surface area contributed by atoms with E-state index < -0.39 is 6.04 Å². The molecule has 1 aliphatic heterocycles. The van der Waals surface area contributed by atoms with Crippen LogP contribution in [0.1, 0.15) is 33.1 Å². The Labute approximate surface area is 107 Å². The molecule has 5 heteroatoms. The van der Waals surface area contributed by atoms with Crippen molar-refractivity contribution >= 4 is 11.7 Å². The van der Waals surface area contributed by atoms with Crippen LogP contribution in [0.25, 0.3) is 0 Å². The van der Waals surface area contributed by atoms with Gasteiger partial charge in [-0.05, 0) is 39.2 Å². The first-order valence-corrected chi connectivity index (χ1v) is 6.18. The highest BCUT2D eigenvalue weighted by molar-refractivity contribution is 5.88. The van der Waals surface area contributed by atoms with Gasteiger partial charge < -0.3 is 10.2 Å². The first-order chi connectivity index (χ1) is 8.54. The number of carbonyl (C=O) groups excluding carboxylic acids is 2. The molecule has 1 aliphatic rings. The van der Waals surface area contributed by atoms with Gasteiger partial charge in [0.1, 0.15) is 0 Å². The SMILES string of the molecule is CC(=O)C=C(C)NC(C#N)C(=O)N1CCCCC1. The normalized spacial score (nSPS) is 17.8. The number of hydrogen-bond donors (Lipinski definition) is 1. The number of rotatable bonds is 4. The molecule has 0 saturated carbocycles. The summed E-state index contributed by atoms with van der Waals surface area (Å²) in [7, 11) is 0. The lowest BCUT2D eigenvalue weighted by molar-refractivity contribution is -0.132. The highest BCUT2D eigenvalue weighted by atomic mass is 16.2. The summed E-state index contributed by atoms with van der Waals surface area (Å²) in [5, 5.41) is 11.8. The van der Waals surface area contributed by atoms with Crippen LogP contribution < -0.4 is 5.32 Å². The van der Waals surface area contributed by atoms with Crippen molar-refractivity contribution in [3.05, 3.63) is 11.8 Å². The Kier molecular flexibility index (Phi) is 5.37. The van der Waals surface area contributed by atoms with Gasteiger partial charge in [0.15, 0.2) is 11.8 Å². The Bertz CT molecular complexity index is 390. The van der Waals surface area contributed by atoms with E-state index in [1.54, 1.807) is 11.8 Å². The van der Waals surface area contributed by atoms with Crippen LogP contribution >= 0.6 is 0 Å². The Morgan fingerprint density at radius 2 is 1.89 bits per heavy atom. The number of piperidine rings is 1. The molecule has 1 fully saturated rings. The summed E-state index contributed by atoms with van der Waals surface area (Å²) in [5.41, 5.74) is 0.541. The summed E-state index contributed by atoms with van der Waals surface area (Å²) in [5.74, 6) is -0.310. The summed E-state index contributed by atoms with van der Waals surface area (Å²) in [6.07, 6.45) is 4.50. The molecule has 1 unspecified atom stereocenters. The van der Waals surface area contributed by atoms with E-state index in [2.05, 4.69) is 5.32 Å². The molecule has 0 aromatic rings. The molecule has 98 valence electrons. The van der Waals surface area contributed by atoms with Gasteiger partial charge in [0.2, 0.25) is 0 Å². The minimum Gasteiger partial charge on any atom is -0.366 e. The van der Waals surface area contributed by atoms with Crippen molar-refractivity contribution in [3.8, 4) is 6.07 Å². The number of amides is 1. The van der Waals surface area contributed by atoms with Gasteiger partial charge >= 0.3 is 0 Å². The number of ketones is 1. The average molecular weight is 249 g/mol. The van der Waals surface area contributed by atoms with Gasteiger partial charge in [0, 0.05) is 18.8 Å². The van der Waals surface area contributed by atoms with Gasteiger partial charge in [0.05, 0.1) is 6.07 Å². The first kappa shape index (κ1) is 14.2. The van der Waals surface area contributed by atoms with E-state index in [4.69, 9.17) is 5.26 Å². The topological polar surface area (TPSA) is 73.2 Å². The third-order valence-corrected chi connectivity index (χ3v) is 2.84. The van der Waals surface area contributed by atoms with Crippen molar-refractivity contribution in [1.29, 1.82) is 5.26 Å². The van der Waals surface area contributed by atoms with Gasteiger partial charge in [-0.3, -0.25) is 9.59 Å². The fourth-order valence-corrected chi connectivity index (χ4v) is 2.02. The molecule has 1 atom stereocenters. The maximum atomic E-state index is 12.1. The van der Waals surface area contributed by atoms with Crippen LogP contribution in [0.15, 0.2) is 11.8 Å². The summed E-state index contributed by atoms with van der Waals surface area (Å²) in [4.78, 5) is 24.7. The van der Waals surface area contributed by atoms with E-state index >= 15 is 0 Å². The zero-order valence-electron chi connectivity index (χ0n) is 10.9. The zero-order chi connectivity index (χ0) is 13.5. The van der Waals surface area contributed by atoms with Crippen LogP contribution in [-0.2, 0) is 9.59 Å². The molecule has 0 aromatic carbocycles. The molecule has 1 N–H and O–H groups in total. The molecule has 1 rings (SSSR count). The van der Waals surface area contributed by atoms with E-state index in [9.17, 15) is 9.59 Å². The van der Waals surface area contributed by atoms with Gasteiger partial charge in [-0.1, -0.05) is 0 Å². The molecule has 5 nitrogen and oxygen atoms in total. The summed E-state index contributed by atoms with van der Waals surface area (Å²) in [6, 6.07) is 1.04. The largest absolute Gasteiger partial charge is 0.366 e. The van der Waals surface area contributed by atoms with Crippen LogP contribution in [0.4, 0.5) is 0 Å². The Balaban J connectivity index is 2.63. The number of likely N-dealkylation sites (tertiary alicyclic amines) is 1. The van der Waals surface area contributed by atoms with Crippen LogP contribution in [-0.4, -0.2) is 35.7 Å². The van der Waals surface area contributed by atoms with Crippen LogP contribution in [0.5, 0.6) is 0 Å². The number of nitriles is 1. The van der Waals surface area contributed by atoms with Gasteiger partial charge in [-0.15, -0.1) is 0 Å². The smallest absolute Gasteiger partial charge is 0.259 e. The lowest BCUT2D eigenvalue weighted by Gasteiger charge is -2.28. The van der Waals surface area contributed by atoms with E-state index in [-0.39, 0.29) is 11.7 Å². The minimum atomic E-state index is -0.904. The second-order valence-corrected chi connectivity index (χ2v) is 4.53. The number of carbonyl (C=O) groups is 2. The number of nitrogens with one attached hydrogen (secondary N) is 1. The molecule has 0 aromatic heterocycles. The van der Waals surface area contributed by atoms with Gasteiger partial charge in [0.25, 0.3) is 5.91 Å². The lowest BCUT2D eigenvalue weighted by Crippen LogP contribution is -2.47.